The number of nitrogens with zero attached hydrogens (tertiary/aromatic N) is 2. The van der Waals surface area contributed by atoms with E-state index in [2.05, 4.69) is 82.2 Å². The number of allylic oxidation sites excluding steroid dienone is 4. The molecule has 0 spiro atoms. The van der Waals surface area contributed by atoms with Crippen LogP contribution in [0.25, 0.3) is 5.57 Å². The lowest BCUT2D eigenvalue weighted by molar-refractivity contribution is 0.938. The molecule has 3 rings (SSSR count). The van der Waals surface area contributed by atoms with Crippen molar-refractivity contribution in [2.45, 2.75) is 26.3 Å². The van der Waals surface area contributed by atoms with Crippen molar-refractivity contribution in [2.75, 3.05) is 0 Å². The maximum absolute atomic E-state index is 4.85. The Hall–Kier alpha value is -2.70. The van der Waals surface area contributed by atoms with Crippen molar-refractivity contribution in [3.05, 3.63) is 89.5 Å². The summed E-state index contributed by atoms with van der Waals surface area (Å²) in [7, 11) is 0. The minimum absolute atomic E-state index is 0.227. The highest BCUT2D eigenvalue weighted by Crippen LogP contribution is 2.24. The maximum atomic E-state index is 4.85. The molecule has 2 aromatic rings. The van der Waals surface area contributed by atoms with Gasteiger partial charge in [-0.2, -0.15) is 0 Å². The minimum Gasteiger partial charge on any atom is -0.245 e. The first kappa shape index (κ1) is 19.1. The summed E-state index contributed by atoms with van der Waals surface area (Å²) in [4.78, 5) is 9.48. The quantitative estimate of drug-likeness (QED) is 0.409. The molecule has 27 heavy (non-hydrogen) atoms. The molecular weight excluding hydrogens is 396 g/mol. The monoisotopic (exact) mass is 416 g/mol. The molecule has 0 bridgehead atoms. The molecule has 1 aliphatic heterocycles. The van der Waals surface area contributed by atoms with E-state index >= 15 is 0 Å². The van der Waals surface area contributed by atoms with Crippen molar-refractivity contribution in [1.29, 1.82) is 0 Å². The third-order valence-corrected chi connectivity index (χ3v) is 4.66. The van der Waals surface area contributed by atoms with Gasteiger partial charge in [0.1, 0.15) is 6.04 Å². The van der Waals surface area contributed by atoms with Crippen LogP contribution in [0.4, 0.5) is 0 Å². The highest BCUT2D eigenvalue weighted by Gasteiger charge is 2.13. The summed E-state index contributed by atoms with van der Waals surface area (Å²) >= 11 is 3.49. The standard InChI is InChI=1S/C24H21BrN2/c1-3-9-18(4-2)19-14-16-20(17-15-19)22-12-8-13-23(25)27-24(26-22)21-10-6-5-7-11-21/h3-7,9-11,14-17,22H,13H2,1-2H3/b9-3-,18-4+,26-24?,27-23?. The van der Waals surface area contributed by atoms with Crippen LogP contribution in [0.1, 0.15) is 43.0 Å². The molecule has 0 aromatic heterocycles. The van der Waals surface area contributed by atoms with Gasteiger partial charge < -0.3 is 0 Å². The van der Waals surface area contributed by atoms with Crippen LogP contribution < -0.4 is 0 Å². The van der Waals surface area contributed by atoms with E-state index in [1.165, 1.54) is 11.1 Å². The van der Waals surface area contributed by atoms with Gasteiger partial charge in [-0.3, -0.25) is 0 Å². The van der Waals surface area contributed by atoms with Gasteiger partial charge in [0.15, 0.2) is 5.84 Å². The average Bonchev–Trinajstić information content (AvgIpc) is 2.69. The molecule has 1 heterocycles. The fourth-order valence-electron chi connectivity index (χ4n) is 2.84. The van der Waals surface area contributed by atoms with E-state index in [0.29, 0.717) is 12.3 Å². The van der Waals surface area contributed by atoms with Crippen LogP contribution >= 0.6 is 15.9 Å². The molecule has 0 amide bonds. The second-order valence-electron chi connectivity index (χ2n) is 6.07. The second kappa shape index (κ2) is 9.30. The molecule has 0 saturated heterocycles. The molecule has 0 saturated carbocycles. The van der Waals surface area contributed by atoms with Crippen LogP contribution in [0.5, 0.6) is 0 Å². The number of hydrogen-bond donors (Lipinski definition) is 0. The fourth-order valence-corrected chi connectivity index (χ4v) is 3.15. The lowest BCUT2D eigenvalue weighted by atomic mass is 10.0. The van der Waals surface area contributed by atoms with E-state index in [1.807, 2.05) is 37.3 Å². The number of halogens is 1. The van der Waals surface area contributed by atoms with Crippen molar-refractivity contribution in [1.82, 2.24) is 0 Å². The number of benzene rings is 2. The summed E-state index contributed by atoms with van der Waals surface area (Å²) in [5.41, 5.74) is 4.45. The van der Waals surface area contributed by atoms with Gasteiger partial charge in [0.05, 0.1) is 11.0 Å². The van der Waals surface area contributed by atoms with Gasteiger partial charge in [-0.05, 0) is 46.5 Å². The molecule has 0 N–H and O–H groups in total. The Balaban J connectivity index is 1.98. The van der Waals surface area contributed by atoms with Gasteiger partial charge in [-0.1, -0.05) is 84.7 Å². The van der Waals surface area contributed by atoms with Crippen LogP contribution in [-0.2, 0) is 0 Å². The molecular formula is C24H21BrN2. The Labute approximate surface area is 169 Å². The third kappa shape index (κ3) is 4.93. The average molecular weight is 417 g/mol. The molecule has 0 radical (unpaired) electrons. The normalized spacial score (nSPS) is 17.4. The summed E-state index contributed by atoms with van der Waals surface area (Å²) in [5, 5.41) is 0. The maximum Gasteiger partial charge on any atom is 0.157 e. The van der Waals surface area contributed by atoms with E-state index in [4.69, 9.17) is 4.99 Å². The number of aliphatic imine (C=N–C) groups is 2. The largest absolute Gasteiger partial charge is 0.245 e. The molecule has 0 fully saturated rings. The first-order valence-electron chi connectivity index (χ1n) is 8.95. The predicted octanol–water partition coefficient (Wildman–Crippen LogP) is 6.35. The smallest absolute Gasteiger partial charge is 0.157 e. The highest BCUT2D eigenvalue weighted by molar-refractivity contribution is 9.18. The Morgan fingerprint density at radius 3 is 2.48 bits per heavy atom. The third-order valence-electron chi connectivity index (χ3n) is 4.20. The van der Waals surface area contributed by atoms with Gasteiger partial charge in [0, 0.05) is 5.56 Å². The van der Waals surface area contributed by atoms with E-state index in [-0.39, 0.29) is 6.04 Å². The van der Waals surface area contributed by atoms with Crippen molar-refractivity contribution in [3.63, 3.8) is 0 Å². The summed E-state index contributed by atoms with van der Waals surface area (Å²) in [6.07, 6.45) is 6.87. The Kier molecular flexibility index (Phi) is 6.57. The van der Waals surface area contributed by atoms with Gasteiger partial charge in [0.25, 0.3) is 0 Å². The Morgan fingerprint density at radius 2 is 1.81 bits per heavy atom. The van der Waals surface area contributed by atoms with Crippen molar-refractivity contribution in [2.24, 2.45) is 9.98 Å². The molecule has 1 atom stereocenters. The molecule has 1 unspecified atom stereocenters. The second-order valence-corrected chi connectivity index (χ2v) is 6.99. The lowest BCUT2D eigenvalue weighted by Crippen LogP contribution is -2.06. The van der Waals surface area contributed by atoms with Crippen molar-refractivity contribution < 1.29 is 0 Å². The van der Waals surface area contributed by atoms with Crippen LogP contribution in [-0.4, -0.2) is 10.5 Å². The number of rotatable bonds is 4. The number of amidine groups is 1. The van der Waals surface area contributed by atoms with Gasteiger partial charge >= 0.3 is 0 Å². The van der Waals surface area contributed by atoms with Crippen LogP contribution in [0.3, 0.4) is 0 Å². The Bertz CT molecular complexity index is 969. The van der Waals surface area contributed by atoms with E-state index in [9.17, 15) is 0 Å². The summed E-state index contributed by atoms with van der Waals surface area (Å²) in [5.74, 6) is 7.15. The minimum atomic E-state index is -0.227. The fraction of sp³-hybridized carbons (Fsp3) is 0.167. The zero-order valence-corrected chi connectivity index (χ0v) is 17.1. The van der Waals surface area contributed by atoms with Crippen LogP contribution in [0.2, 0.25) is 0 Å². The van der Waals surface area contributed by atoms with E-state index in [1.54, 1.807) is 0 Å². The first-order chi connectivity index (χ1) is 13.2. The summed E-state index contributed by atoms with van der Waals surface area (Å²) in [6.45, 7) is 4.08. The summed E-state index contributed by atoms with van der Waals surface area (Å²) < 4.78 is 0.801. The lowest BCUT2D eigenvalue weighted by Gasteiger charge is -2.12. The van der Waals surface area contributed by atoms with Crippen molar-refractivity contribution >= 4 is 32.0 Å². The molecule has 0 aliphatic carbocycles. The van der Waals surface area contributed by atoms with Crippen LogP contribution in [0.15, 0.2) is 82.8 Å². The molecule has 2 nitrogen and oxygen atoms in total. The molecule has 3 heteroatoms. The van der Waals surface area contributed by atoms with Crippen LogP contribution in [0, 0.1) is 11.8 Å². The Morgan fingerprint density at radius 1 is 1.07 bits per heavy atom. The van der Waals surface area contributed by atoms with Gasteiger partial charge in [0.2, 0.25) is 0 Å². The van der Waals surface area contributed by atoms with Gasteiger partial charge in [-0.15, -0.1) is 0 Å². The SMILES string of the molecule is C/C=C\C(=C/C)c1ccc(C2C#CCC(Br)=NC(c3ccccc3)=N2)cc1. The zero-order chi connectivity index (χ0) is 19.1. The molecule has 1 aliphatic rings. The van der Waals surface area contributed by atoms with Gasteiger partial charge in [-0.25, -0.2) is 9.98 Å². The molecule has 2 aromatic carbocycles. The predicted molar refractivity (Wildman–Crippen MR) is 119 cm³/mol. The zero-order valence-electron chi connectivity index (χ0n) is 15.5. The van der Waals surface area contributed by atoms with Crippen molar-refractivity contribution in [3.8, 4) is 11.8 Å². The highest BCUT2D eigenvalue weighted by atomic mass is 79.9. The number of hydrogen-bond acceptors (Lipinski definition) is 2. The summed E-state index contributed by atoms with van der Waals surface area (Å²) in [6, 6.07) is 18.3. The van der Waals surface area contributed by atoms with E-state index < -0.39 is 0 Å². The van der Waals surface area contributed by atoms with E-state index in [0.717, 1.165) is 15.7 Å². The topological polar surface area (TPSA) is 24.7 Å². The first-order valence-corrected chi connectivity index (χ1v) is 9.74. The molecule has 134 valence electrons.